The van der Waals surface area contributed by atoms with E-state index in [1.807, 2.05) is 19.1 Å². The van der Waals surface area contributed by atoms with Crippen LogP contribution in [0.15, 0.2) is 12.1 Å². The van der Waals surface area contributed by atoms with Crippen molar-refractivity contribution in [3.05, 3.63) is 27.1 Å². The molecule has 14 heavy (non-hydrogen) atoms. The Kier molecular flexibility index (Phi) is 4.04. The zero-order valence-corrected chi connectivity index (χ0v) is 10.8. The molecule has 0 spiro atoms. The minimum atomic E-state index is 0.116. The molecule has 0 fully saturated rings. The van der Waals surface area contributed by atoms with Crippen LogP contribution in [0.3, 0.4) is 0 Å². The van der Waals surface area contributed by atoms with Crippen molar-refractivity contribution in [2.45, 2.75) is 33.1 Å². The van der Waals surface area contributed by atoms with Gasteiger partial charge in [-0.15, -0.1) is 0 Å². The molecule has 1 aromatic heterocycles. The smallest absolute Gasteiger partial charge is 0.180 e. The average Bonchev–Trinajstić information content (AvgIpc) is 2.15. The molecule has 0 aliphatic rings. The number of ketones is 1. The number of carbonyl (C=O) groups excluding carboxylic acids is 1. The largest absolute Gasteiger partial charge is 0.292 e. The summed E-state index contributed by atoms with van der Waals surface area (Å²) in [6, 6.07) is 3.87. The number of Topliss-reactive ketones (excluding diaryl/α,β-unsaturated/α-hetero) is 1. The molecule has 0 aromatic carbocycles. The fourth-order valence-corrected chi connectivity index (χ4v) is 1.75. The standard InChI is InChI=1S/C11H14INO/c1-4-11(14)10-6-8(12)5-9(13-10)7(2)3/h5-7H,4H2,1-3H3. The van der Waals surface area contributed by atoms with Crippen molar-refractivity contribution in [1.82, 2.24) is 4.98 Å². The van der Waals surface area contributed by atoms with E-state index < -0.39 is 0 Å². The summed E-state index contributed by atoms with van der Waals surface area (Å²) in [5.41, 5.74) is 1.59. The highest BCUT2D eigenvalue weighted by Crippen LogP contribution is 2.17. The van der Waals surface area contributed by atoms with Crippen LogP contribution in [0.5, 0.6) is 0 Å². The van der Waals surface area contributed by atoms with Crippen LogP contribution in [0.2, 0.25) is 0 Å². The number of nitrogens with zero attached hydrogens (tertiary/aromatic N) is 1. The van der Waals surface area contributed by atoms with E-state index in [0.717, 1.165) is 9.26 Å². The fraction of sp³-hybridized carbons (Fsp3) is 0.455. The van der Waals surface area contributed by atoms with E-state index in [0.29, 0.717) is 18.0 Å². The van der Waals surface area contributed by atoms with Crippen molar-refractivity contribution in [3.8, 4) is 0 Å². The number of pyridine rings is 1. The summed E-state index contributed by atoms with van der Waals surface area (Å²) >= 11 is 2.22. The average molecular weight is 303 g/mol. The van der Waals surface area contributed by atoms with Gasteiger partial charge in [-0.25, -0.2) is 4.98 Å². The molecule has 0 aliphatic heterocycles. The zero-order chi connectivity index (χ0) is 10.7. The Labute approximate surface area is 98.3 Å². The van der Waals surface area contributed by atoms with Gasteiger partial charge in [-0.2, -0.15) is 0 Å². The summed E-state index contributed by atoms with van der Waals surface area (Å²) in [5.74, 6) is 0.485. The Morgan fingerprint density at radius 1 is 1.50 bits per heavy atom. The van der Waals surface area contributed by atoms with Gasteiger partial charge in [0.2, 0.25) is 0 Å². The normalized spacial score (nSPS) is 10.6. The fourth-order valence-electron chi connectivity index (χ4n) is 1.14. The summed E-state index contributed by atoms with van der Waals surface area (Å²) in [6.45, 7) is 6.02. The molecule has 1 heterocycles. The maximum Gasteiger partial charge on any atom is 0.180 e. The van der Waals surface area contributed by atoms with E-state index in [1.54, 1.807) is 0 Å². The zero-order valence-electron chi connectivity index (χ0n) is 8.67. The van der Waals surface area contributed by atoms with E-state index in [1.165, 1.54) is 0 Å². The minimum Gasteiger partial charge on any atom is -0.292 e. The molecule has 0 atom stereocenters. The van der Waals surface area contributed by atoms with Crippen LogP contribution < -0.4 is 0 Å². The monoisotopic (exact) mass is 303 g/mol. The van der Waals surface area contributed by atoms with Gasteiger partial charge in [0.05, 0.1) is 0 Å². The van der Waals surface area contributed by atoms with Crippen molar-refractivity contribution in [3.63, 3.8) is 0 Å². The Hall–Kier alpha value is -0.450. The van der Waals surface area contributed by atoms with Crippen molar-refractivity contribution >= 4 is 28.4 Å². The lowest BCUT2D eigenvalue weighted by Crippen LogP contribution is -2.04. The van der Waals surface area contributed by atoms with E-state index in [2.05, 4.69) is 41.4 Å². The number of aromatic nitrogens is 1. The molecule has 1 rings (SSSR count). The van der Waals surface area contributed by atoms with Crippen LogP contribution >= 0.6 is 22.6 Å². The molecule has 0 unspecified atom stereocenters. The number of halogens is 1. The van der Waals surface area contributed by atoms with E-state index in [4.69, 9.17) is 0 Å². The second-order valence-corrected chi connectivity index (χ2v) is 4.77. The number of carbonyl (C=O) groups is 1. The summed E-state index contributed by atoms with van der Waals surface area (Å²) in [7, 11) is 0. The highest BCUT2D eigenvalue weighted by Gasteiger charge is 2.09. The molecule has 2 nitrogen and oxygen atoms in total. The first-order valence-electron chi connectivity index (χ1n) is 4.75. The van der Waals surface area contributed by atoms with E-state index >= 15 is 0 Å². The molecule has 0 N–H and O–H groups in total. The van der Waals surface area contributed by atoms with Crippen LogP contribution in [0, 0.1) is 3.57 Å². The molecule has 0 amide bonds. The molecule has 76 valence electrons. The molecular weight excluding hydrogens is 289 g/mol. The quantitative estimate of drug-likeness (QED) is 0.633. The van der Waals surface area contributed by atoms with Crippen molar-refractivity contribution < 1.29 is 4.79 Å². The molecule has 0 bridgehead atoms. The summed E-state index contributed by atoms with van der Waals surface area (Å²) in [6.07, 6.45) is 0.518. The summed E-state index contributed by atoms with van der Waals surface area (Å²) in [5, 5.41) is 0. The van der Waals surface area contributed by atoms with Gasteiger partial charge in [0.1, 0.15) is 5.69 Å². The third-order valence-corrected chi connectivity index (χ3v) is 2.63. The van der Waals surface area contributed by atoms with Gasteiger partial charge in [-0.05, 0) is 40.6 Å². The number of rotatable bonds is 3. The lowest BCUT2D eigenvalue weighted by atomic mass is 10.1. The van der Waals surface area contributed by atoms with Gasteiger partial charge in [-0.3, -0.25) is 4.79 Å². The maximum absolute atomic E-state index is 11.5. The first-order chi connectivity index (χ1) is 6.54. The van der Waals surface area contributed by atoms with Crippen LogP contribution in [-0.4, -0.2) is 10.8 Å². The molecule has 0 saturated heterocycles. The summed E-state index contributed by atoms with van der Waals surface area (Å²) in [4.78, 5) is 15.8. The maximum atomic E-state index is 11.5. The van der Waals surface area contributed by atoms with Crippen LogP contribution in [0.25, 0.3) is 0 Å². The molecule has 0 saturated carbocycles. The summed E-state index contributed by atoms with van der Waals surface area (Å²) < 4.78 is 1.08. The van der Waals surface area contributed by atoms with Crippen LogP contribution in [-0.2, 0) is 0 Å². The lowest BCUT2D eigenvalue weighted by molar-refractivity contribution is 0.0983. The first-order valence-corrected chi connectivity index (χ1v) is 5.83. The van der Waals surface area contributed by atoms with Crippen LogP contribution in [0.4, 0.5) is 0 Å². The third-order valence-electron chi connectivity index (χ3n) is 2.01. The predicted molar refractivity (Wildman–Crippen MR) is 65.7 cm³/mol. The Morgan fingerprint density at radius 2 is 2.14 bits per heavy atom. The molecule has 3 heteroatoms. The number of hydrogen-bond acceptors (Lipinski definition) is 2. The van der Waals surface area contributed by atoms with Gasteiger partial charge >= 0.3 is 0 Å². The Bertz CT molecular complexity index is 347. The van der Waals surface area contributed by atoms with Gasteiger partial charge < -0.3 is 0 Å². The van der Waals surface area contributed by atoms with Crippen molar-refractivity contribution in [1.29, 1.82) is 0 Å². The van der Waals surface area contributed by atoms with Crippen molar-refractivity contribution in [2.75, 3.05) is 0 Å². The van der Waals surface area contributed by atoms with Gasteiger partial charge in [0.15, 0.2) is 5.78 Å². The molecule has 0 radical (unpaired) electrons. The van der Waals surface area contributed by atoms with Gasteiger partial charge in [0, 0.05) is 15.7 Å². The minimum absolute atomic E-state index is 0.116. The van der Waals surface area contributed by atoms with E-state index in [9.17, 15) is 4.79 Å². The third kappa shape index (κ3) is 2.77. The Balaban J connectivity index is 3.13. The first kappa shape index (κ1) is 11.6. The SMILES string of the molecule is CCC(=O)c1cc(I)cc(C(C)C)n1. The Morgan fingerprint density at radius 3 is 2.64 bits per heavy atom. The molecule has 1 aromatic rings. The molecule has 0 aliphatic carbocycles. The van der Waals surface area contributed by atoms with Gasteiger partial charge in [-0.1, -0.05) is 20.8 Å². The van der Waals surface area contributed by atoms with Crippen molar-refractivity contribution in [2.24, 2.45) is 0 Å². The number of hydrogen-bond donors (Lipinski definition) is 0. The highest BCUT2D eigenvalue weighted by atomic mass is 127. The van der Waals surface area contributed by atoms with Crippen LogP contribution in [0.1, 0.15) is 49.3 Å². The highest BCUT2D eigenvalue weighted by molar-refractivity contribution is 14.1. The topological polar surface area (TPSA) is 30.0 Å². The second-order valence-electron chi connectivity index (χ2n) is 3.53. The predicted octanol–water partition coefficient (Wildman–Crippen LogP) is 3.40. The molecular formula is C11H14INO. The lowest BCUT2D eigenvalue weighted by Gasteiger charge is -2.07. The van der Waals surface area contributed by atoms with Gasteiger partial charge in [0.25, 0.3) is 0 Å². The second kappa shape index (κ2) is 4.87. The van der Waals surface area contributed by atoms with E-state index in [-0.39, 0.29) is 5.78 Å².